The van der Waals surface area contributed by atoms with E-state index in [-0.39, 0.29) is 5.91 Å². The molecular weight excluding hydrogens is 341 g/mol. The van der Waals surface area contributed by atoms with Gasteiger partial charge in [0.05, 0.1) is 17.4 Å². The molecule has 0 aliphatic carbocycles. The van der Waals surface area contributed by atoms with Crippen molar-refractivity contribution < 1.29 is 9.18 Å². The first-order chi connectivity index (χ1) is 12.0. The summed E-state index contributed by atoms with van der Waals surface area (Å²) in [7, 11) is 0. The molecule has 3 aromatic rings. The van der Waals surface area contributed by atoms with Crippen molar-refractivity contribution in [3.63, 3.8) is 0 Å². The van der Waals surface area contributed by atoms with Crippen LogP contribution in [0.5, 0.6) is 0 Å². The number of amides is 1. The Morgan fingerprint density at radius 3 is 2.68 bits per heavy atom. The van der Waals surface area contributed by atoms with E-state index in [2.05, 4.69) is 15.6 Å². The fourth-order valence-electron chi connectivity index (χ4n) is 2.30. The standard InChI is InChI=1S/C19H15ClFN3O/c1-12-17(20)6-3-7-18(12)23-16-8-13(10-22-11-16)19(25)24-15-5-2-4-14(21)9-15/h2-11,23H,1H3,(H,24,25). The smallest absolute Gasteiger partial charge is 0.257 e. The van der Waals surface area contributed by atoms with E-state index in [4.69, 9.17) is 11.6 Å². The summed E-state index contributed by atoms with van der Waals surface area (Å²) in [4.78, 5) is 16.4. The Bertz CT molecular complexity index is 930. The van der Waals surface area contributed by atoms with Crippen LogP contribution in [0.2, 0.25) is 5.02 Å². The molecule has 0 saturated carbocycles. The molecule has 3 rings (SSSR count). The largest absolute Gasteiger partial charge is 0.354 e. The number of nitrogens with one attached hydrogen (secondary N) is 2. The minimum atomic E-state index is -0.414. The van der Waals surface area contributed by atoms with Gasteiger partial charge in [0.15, 0.2) is 0 Å². The second-order valence-electron chi connectivity index (χ2n) is 5.46. The minimum absolute atomic E-state index is 0.356. The van der Waals surface area contributed by atoms with Gasteiger partial charge in [0.2, 0.25) is 0 Å². The van der Waals surface area contributed by atoms with Crippen molar-refractivity contribution in [1.82, 2.24) is 4.98 Å². The van der Waals surface area contributed by atoms with Gasteiger partial charge in [0.25, 0.3) is 5.91 Å². The molecule has 0 fully saturated rings. The number of nitrogens with zero attached hydrogens (tertiary/aromatic N) is 1. The number of benzene rings is 2. The zero-order valence-electron chi connectivity index (χ0n) is 13.4. The van der Waals surface area contributed by atoms with Crippen molar-refractivity contribution in [2.75, 3.05) is 10.6 Å². The summed E-state index contributed by atoms with van der Waals surface area (Å²) in [5, 5.41) is 6.49. The fraction of sp³-hybridized carbons (Fsp3) is 0.0526. The summed E-state index contributed by atoms with van der Waals surface area (Å²) < 4.78 is 13.2. The van der Waals surface area contributed by atoms with E-state index in [0.29, 0.717) is 22.0 Å². The van der Waals surface area contributed by atoms with Crippen LogP contribution >= 0.6 is 11.6 Å². The highest BCUT2D eigenvalue weighted by Gasteiger charge is 2.09. The number of hydrogen-bond acceptors (Lipinski definition) is 3. The lowest BCUT2D eigenvalue weighted by atomic mass is 10.2. The number of pyridine rings is 1. The van der Waals surface area contributed by atoms with Crippen molar-refractivity contribution in [2.45, 2.75) is 6.92 Å². The van der Waals surface area contributed by atoms with Crippen molar-refractivity contribution in [3.05, 3.63) is 82.9 Å². The number of carbonyl (C=O) groups excluding carboxylic acids is 1. The lowest BCUT2D eigenvalue weighted by Crippen LogP contribution is -2.12. The van der Waals surface area contributed by atoms with Gasteiger partial charge < -0.3 is 10.6 Å². The molecule has 1 aromatic heterocycles. The molecule has 4 nitrogen and oxygen atoms in total. The SMILES string of the molecule is Cc1c(Cl)cccc1Nc1cncc(C(=O)Nc2cccc(F)c2)c1. The molecule has 25 heavy (non-hydrogen) atoms. The second kappa shape index (κ2) is 7.32. The van der Waals surface area contributed by atoms with Gasteiger partial charge in [-0.05, 0) is 48.9 Å². The third kappa shape index (κ3) is 4.14. The maximum Gasteiger partial charge on any atom is 0.257 e. The van der Waals surface area contributed by atoms with E-state index >= 15 is 0 Å². The van der Waals surface area contributed by atoms with Crippen LogP contribution in [0.15, 0.2) is 60.9 Å². The predicted octanol–water partition coefficient (Wildman–Crippen LogP) is 5.18. The zero-order valence-corrected chi connectivity index (χ0v) is 14.1. The van der Waals surface area contributed by atoms with E-state index in [9.17, 15) is 9.18 Å². The van der Waals surface area contributed by atoms with Gasteiger partial charge in [-0.1, -0.05) is 23.7 Å². The lowest BCUT2D eigenvalue weighted by molar-refractivity contribution is 0.102. The van der Waals surface area contributed by atoms with Crippen molar-refractivity contribution >= 4 is 34.6 Å². The Morgan fingerprint density at radius 2 is 1.88 bits per heavy atom. The lowest BCUT2D eigenvalue weighted by Gasteiger charge is -2.11. The fourth-order valence-corrected chi connectivity index (χ4v) is 2.47. The average Bonchev–Trinajstić information content (AvgIpc) is 2.59. The van der Waals surface area contributed by atoms with Crippen LogP contribution in [0, 0.1) is 12.7 Å². The molecule has 2 N–H and O–H groups in total. The van der Waals surface area contributed by atoms with Gasteiger partial charge in [-0.3, -0.25) is 9.78 Å². The Morgan fingerprint density at radius 1 is 1.08 bits per heavy atom. The molecule has 0 aliphatic heterocycles. The highest BCUT2D eigenvalue weighted by atomic mass is 35.5. The predicted molar refractivity (Wildman–Crippen MR) is 98.1 cm³/mol. The molecule has 1 amide bonds. The third-order valence-electron chi connectivity index (χ3n) is 3.63. The molecule has 6 heteroatoms. The zero-order chi connectivity index (χ0) is 17.8. The molecule has 126 valence electrons. The van der Waals surface area contributed by atoms with E-state index in [0.717, 1.165) is 11.3 Å². The highest BCUT2D eigenvalue weighted by molar-refractivity contribution is 6.31. The first kappa shape index (κ1) is 16.9. The Labute approximate surface area is 149 Å². The van der Waals surface area contributed by atoms with Crippen LogP contribution in [0.3, 0.4) is 0 Å². The number of rotatable bonds is 4. The summed E-state index contributed by atoms with van der Waals surface area (Å²) in [5.41, 5.74) is 3.12. The summed E-state index contributed by atoms with van der Waals surface area (Å²) in [6, 6.07) is 12.9. The number of aromatic nitrogens is 1. The Hall–Kier alpha value is -2.92. The summed E-state index contributed by atoms with van der Waals surface area (Å²) >= 11 is 6.11. The van der Waals surface area contributed by atoms with Crippen LogP contribution in [-0.2, 0) is 0 Å². The van der Waals surface area contributed by atoms with Gasteiger partial charge in [-0.25, -0.2) is 4.39 Å². The monoisotopic (exact) mass is 355 g/mol. The van der Waals surface area contributed by atoms with Gasteiger partial charge in [-0.15, -0.1) is 0 Å². The van der Waals surface area contributed by atoms with Gasteiger partial charge in [-0.2, -0.15) is 0 Å². The van der Waals surface area contributed by atoms with Crippen LogP contribution in [-0.4, -0.2) is 10.9 Å². The van der Waals surface area contributed by atoms with Crippen LogP contribution in [0.4, 0.5) is 21.5 Å². The number of carbonyl (C=O) groups is 1. The average molecular weight is 356 g/mol. The molecule has 0 unspecified atom stereocenters. The first-order valence-electron chi connectivity index (χ1n) is 7.57. The summed E-state index contributed by atoms with van der Waals surface area (Å²) in [5.74, 6) is -0.785. The van der Waals surface area contributed by atoms with Crippen LogP contribution in [0.1, 0.15) is 15.9 Å². The number of hydrogen-bond donors (Lipinski definition) is 2. The maximum atomic E-state index is 13.2. The molecule has 0 atom stereocenters. The van der Waals surface area contributed by atoms with Gasteiger partial charge in [0.1, 0.15) is 5.82 Å². The van der Waals surface area contributed by atoms with Crippen LogP contribution < -0.4 is 10.6 Å². The van der Waals surface area contributed by atoms with Crippen molar-refractivity contribution in [3.8, 4) is 0 Å². The topological polar surface area (TPSA) is 54.0 Å². The molecule has 0 bridgehead atoms. The normalized spacial score (nSPS) is 10.4. The maximum absolute atomic E-state index is 13.2. The van der Waals surface area contributed by atoms with Crippen molar-refractivity contribution in [1.29, 1.82) is 0 Å². The molecule has 0 radical (unpaired) electrons. The minimum Gasteiger partial charge on any atom is -0.354 e. The first-order valence-corrected chi connectivity index (χ1v) is 7.95. The van der Waals surface area contributed by atoms with E-state index in [1.54, 1.807) is 18.3 Å². The number of anilines is 3. The van der Waals surface area contributed by atoms with E-state index in [1.165, 1.54) is 24.4 Å². The molecule has 0 spiro atoms. The molecular formula is C19H15ClFN3O. The van der Waals surface area contributed by atoms with Gasteiger partial charge in [0, 0.05) is 22.6 Å². The Balaban J connectivity index is 1.79. The van der Waals surface area contributed by atoms with E-state index in [1.807, 2.05) is 25.1 Å². The third-order valence-corrected chi connectivity index (χ3v) is 4.04. The quantitative estimate of drug-likeness (QED) is 0.678. The van der Waals surface area contributed by atoms with E-state index < -0.39 is 5.82 Å². The van der Waals surface area contributed by atoms with Gasteiger partial charge >= 0.3 is 0 Å². The highest BCUT2D eigenvalue weighted by Crippen LogP contribution is 2.26. The number of halogens is 2. The molecule has 1 heterocycles. The Kier molecular flexibility index (Phi) is 4.95. The summed E-state index contributed by atoms with van der Waals surface area (Å²) in [6.45, 7) is 1.90. The van der Waals surface area contributed by atoms with Crippen LogP contribution in [0.25, 0.3) is 0 Å². The summed E-state index contributed by atoms with van der Waals surface area (Å²) in [6.07, 6.45) is 3.06. The second-order valence-corrected chi connectivity index (χ2v) is 5.87. The molecule has 2 aromatic carbocycles. The molecule has 0 aliphatic rings. The molecule has 0 saturated heterocycles. The van der Waals surface area contributed by atoms with Crippen molar-refractivity contribution in [2.24, 2.45) is 0 Å².